The molecule has 1 aromatic carbocycles. The van der Waals surface area contributed by atoms with Crippen LogP contribution in [-0.2, 0) is 15.7 Å². The van der Waals surface area contributed by atoms with Crippen molar-refractivity contribution in [2.75, 3.05) is 24.7 Å². The van der Waals surface area contributed by atoms with Crippen molar-refractivity contribution in [2.24, 2.45) is 0 Å². The highest BCUT2D eigenvalue weighted by molar-refractivity contribution is 7.91. The predicted octanol–water partition coefficient (Wildman–Crippen LogP) is 3.03. The predicted molar refractivity (Wildman–Crippen MR) is 81.6 cm³/mol. The van der Waals surface area contributed by atoms with Crippen molar-refractivity contribution in [1.82, 2.24) is 0 Å². The Kier molecular flexibility index (Phi) is 7.16. The van der Waals surface area contributed by atoms with Gasteiger partial charge in [-0.1, -0.05) is 13.0 Å². The Morgan fingerprint density at radius 2 is 1.90 bits per heavy atom. The van der Waals surface area contributed by atoms with Crippen LogP contribution in [-0.4, -0.2) is 33.1 Å². The van der Waals surface area contributed by atoms with E-state index in [1.54, 1.807) is 13.0 Å². The van der Waals surface area contributed by atoms with Gasteiger partial charge in [0.1, 0.15) is 9.84 Å². The van der Waals surface area contributed by atoms with Crippen LogP contribution in [0.15, 0.2) is 18.2 Å². The van der Waals surface area contributed by atoms with E-state index >= 15 is 0 Å². The minimum Gasteiger partial charge on any atom is -0.490 e. The number of halogens is 1. The lowest BCUT2D eigenvalue weighted by atomic mass is 10.2. The Bertz CT molecular complexity index is 514. The molecule has 4 nitrogen and oxygen atoms in total. The topological polar surface area (TPSA) is 52.6 Å². The number of hydrogen-bond donors (Lipinski definition) is 0. The second-order valence-corrected chi connectivity index (χ2v) is 7.03. The normalized spacial score (nSPS) is 11.3. The summed E-state index contributed by atoms with van der Waals surface area (Å²) in [6.45, 7) is 4.42. The van der Waals surface area contributed by atoms with E-state index in [1.165, 1.54) is 0 Å². The summed E-state index contributed by atoms with van der Waals surface area (Å²) in [5.74, 6) is 1.99. The summed E-state index contributed by atoms with van der Waals surface area (Å²) in [6, 6.07) is 5.51. The molecule has 0 unspecified atom stereocenters. The van der Waals surface area contributed by atoms with Crippen molar-refractivity contribution in [2.45, 2.75) is 26.1 Å². The molecule has 0 aromatic heterocycles. The molecule has 1 aromatic rings. The van der Waals surface area contributed by atoms with Gasteiger partial charge in [-0.2, -0.15) is 0 Å². The van der Waals surface area contributed by atoms with Crippen LogP contribution in [0.3, 0.4) is 0 Å². The van der Waals surface area contributed by atoms with E-state index in [0.29, 0.717) is 37.0 Å². The number of rotatable bonds is 9. The lowest BCUT2D eigenvalue weighted by Gasteiger charge is -2.12. The lowest BCUT2D eigenvalue weighted by molar-refractivity contribution is 0.277. The molecule has 0 atom stereocenters. The maximum atomic E-state index is 11.4. The number of benzene rings is 1. The van der Waals surface area contributed by atoms with Gasteiger partial charge in [-0.25, -0.2) is 8.42 Å². The molecule has 0 N–H and O–H groups in total. The third-order valence-corrected chi connectivity index (χ3v) is 4.86. The van der Waals surface area contributed by atoms with E-state index < -0.39 is 9.84 Å². The maximum absolute atomic E-state index is 11.4. The average Bonchev–Trinajstić information content (AvgIpc) is 2.45. The highest BCUT2D eigenvalue weighted by atomic mass is 35.5. The molecule has 0 heterocycles. The minimum absolute atomic E-state index is 0.146. The Hall–Kier alpha value is -0.940. The molecular weight excluding hydrogens is 300 g/mol. The molecule has 0 bridgehead atoms. The van der Waals surface area contributed by atoms with Crippen molar-refractivity contribution < 1.29 is 17.9 Å². The zero-order valence-corrected chi connectivity index (χ0v) is 13.5. The largest absolute Gasteiger partial charge is 0.490 e. The van der Waals surface area contributed by atoms with Gasteiger partial charge in [-0.3, -0.25) is 0 Å². The van der Waals surface area contributed by atoms with Crippen LogP contribution in [0.4, 0.5) is 0 Å². The molecule has 0 radical (unpaired) electrons. The zero-order chi connectivity index (χ0) is 15.0. The molecule has 0 saturated carbocycles. The molecular formula is C14H21ClO4S. The van der Waals surface area contributed by atoms with Gasteiger partial charge >= 0.3 is 0 Å². The summed E-state index contributed by atoms with van der Waals surface area (Å²) < 4.78 is 33.8. The van der Waals surface area contributed by atoms with E-state index in [-0.39, 0.29) is 11.5 Å². The molecule has 0 amide bonds. The molecule has 0 spiro atoms. The fourth-order valence-corrected chi connectivity index (χ4v) is 2.64. The van der Waals surface area contributed by atoms with E-state index in [0.717, 1.165) is 5.56 Å². The molecule has 1 rings (SSSR count). The summed E-state index contributed by atoms with van der Waals surface area (Å²) in [5.41, 5.74) is 0.955. The molecule has 114 valence electrons. The summed E-state index contributed by atoms with van der Waals surface area (Å²) >= 11 is 5.78. The van der Waals surface area contributed by atoms with E-state index in [9.17, 15) is 8.42 Å². The van der Waals surface area contributed by atoms with Gasteiger partial charge in [0.05, 0.1) is 19.0 Å². The summed E-state index contributed by atoms with van der Waals surface area (Å²) in [4.78, 5) is 0. The Balaban J connectivity index is 2.58. The van der Waals surface area contributed by atoms with Crippen LogP contribution in [0, 0.1) is 0 Å². The SMILES string of the molecule is CCOc1cc(CCl)ccc1OCCCS(=O)(=O)CC. The van der Waals surface area contributed by atoms with E-state index in [1.807, 2.05) is 19.1 Å². The first-order chi connectivity index (χ1) is 9.52. The van der Waals surface area contributed by atoms with Crippen LogP contribution in [0.5, 0.6) is 11.5 Å². The maximum Gasteiger partial charge on any atom is 0.161 e. The van der Waals surface area contributed by atoms with Gasteiger partial charge in [0, 0.05) is 11.6 Å². The lowest BCUT2D eigenvalue weighted by Crippen LogP contribution is -2.12. The first-order valence-electron chi connectivity index (χ1n) is 6.67. The first-order valence-corrected chi connectivity index (χ1v) is 9.03. The third kappa shape index (κ3) is 5.59. The first kappa shape index (κ1) is 17.1. The van der Waals surface area contributed by atoms with Gasteiger partial charge in [0.15, 0.2) is 11.5 Å². The van der Waals surface area contributed by atoms with E-state index in [2.05, 4.69) is 0 Å². The molecule has 0 aliphatic heterocycles. The van der Waals surface area contributed by atoms with Crippen molar-refractivity contribution in [1.29, 1.82) is 0 Å². The fourth-order valence-electron chi connectivity index (χ4n) is 1.63. The molecule has 0 saturated heterocycles. The zero-order valence-electron chi connectivity index (χ0n) is 11.9. The smallest absolute Gasteiger partial charge is 0.161 e. The van der Waals surface area contributed by atoms with Crippen LogP contribution in [0.1, 0.15) is 25.8 Å². The molecule has 0 aliphatic rings. The van der Waals surface area contributed by atoms with Crippen molar-refractivity contribution in [3.63, 3.8) is 0 Å². The summed E-state index contributed by atoms with van der Waals surface area (Å²) in [7, 11) is -2.93. The number of ether oxygens (including phenoxy) is 2. The Labute approximate surface area is 126 Å². The summed E-state index contributed by atoms with van der Waals surface area (Å²) in [6.07, 6.45) is 0.471. The highest BCUT2D eigenvalue weighted by Gasteiger charge is 2.09. The molecule has 0 fully saturated rings. The highest BCUT2D eigenvalue weighted by Crippen LogP contribution is 2.29. The molecule has 20 heavy (non-hydrogen) atoms. The quantitative estimate of drug-likeness (QED) is 0.518. The van der Waals surface area contributed by atoms with Crippen LogP contribution in [0.25, 0.3) is 0 Å². The second kappa shape index (κ2) is 8.37. The van der Waals surface area contributed by atoms with Gasteiger partial charge in [-0.15, -0.1) is 11.6 Å². The molecule has 0 aliphatic carbocycles. The minimum atomic E-state index is -2.93. The van der Waals surface area contributed by atoms with Gasteiger partial charge in [-0.05, 0) is 31.0 Å². The van der Waals surface area contributed by atoms with Gasteiger partial charge in [0.2, 0.25) is 0 Å². The second-order valence-electron chi connectivity index (χ2n) is 4.29. The Morgan fingerprint density at radius 3 is 2.50 bits per heavy atom. The van der Waals surface area contributed by atoms with Crippen molar-refractivity contribution >= 4 is 21.4 Å². The monoisotopic (exact) mass is 320 g/mol. The number of hydrogen-bond acceptors (Lipinski definition) is 4. The van der Waals surface area contributed by atoms with Crippen molar-refractivity contribution in [3.05, 3.63) is 23.8 Å². The van der Waals surface area contributed by atoms with Crippen LogP contribution < -0.4 is 9.47 Å². The third-order valence-electron chi connectivity index (χ3n) is 2.76. The summed E-state index contributed by atoms with van der Waals surface area (Å²) in [5, 5.41) is 0. The van der Waals surface area contributed by atoms with Gasteiger partial charge in [0.25, 0.3) is 0 Å². The number of sulfone groups is 1. The van der Waals surface area contributed by atoms with Crippen LogP contribution >= 0.6 is 11.6 Å². The standard InChI is InChI=1S/C14H21ClO4S/c1-3-18-14-10-12(11-15)6-7-13(14)19-8-5-9-20(16,17)4-2/h6-7,10H,3-5,8-9,11H2,1-2H3. The average molecular weight is 321 g/mol. The number of alkyl halides is 1. The Morgan fingerprint density at radius 1 is 1.15 bits per heavy atom. The molecule has 6 heteroatoms. The van der Waals surface area contributed by atoms with E-state index in [4.69, 9.17) is 21.1 Å². The van der Waals surface area contributed by atoms with Crippen LogP contribution in [0.2, 0.25) is 0 Å². The van der Waals surface area contributed by atoms with Gasteiger partial charge < -0.3 is 9.47 Å². The fraction of sp³-hybridized carbons (Fsp3) is 0.571. The van der Waals surface area contributed by atoms with Crippen molar-refractivity contribution in [3.8, 4) is 11.5 Å².